The first-order chi connectivity index (χ1) is 15.8. The monoisotopic (exact) mass is 467 g/mol. The Hall–Kier alpha value is -2.67. The van der Waals surface area contributed by atoms with Crippen LogP contribution < -0.4 is 5.32 Å². The second-order valence-electron chi connectivity index (χ2n) is 9.73. The first kappa shape index (κ1) is 23.5. The zero-order valence-corrected chi connectivity index (χ0v) is 20.4. The summed E-state index contributed by atoms with van der Waals surface area (Å²) in [5, 5.41) is 14.2. The van der Waals surface area contributed by atoms with Gasteiger partial charge < -0.3 is 15.0 Å². The number of carbonyl (C=O) groups excluding carboxylic acids is 1. The lowest BCUT2D eigenvalue weighted by molar-refractivity contribution is -0.137. The van der Waals surface area contributed by atoms with Crippen molar-refractivity contribution in [2.75, 3.05) is 0 Å². The zero-order chi connectivity index (χ0) is 23.5. The van der Waals surface area contributed by atoms with Crippen molar-refractivity contribution in [3.05, 3.63) is 52.0 Å². The molecule has 2 N–H and O–H groups in total. The summed E-state index contributed by atoms with van der Waals surface area (Å²) in [6, 6.07) is 9.95. The smallest absolute Gasteiger partial charge is 0.305 e. The molecule has 0 bridgehead atoms. The molecule has 1 amide bonds. The number of thiophene rings is 1. The fourth-order valence-electron chi connectivity index (χ4n) is 5.10. The maximum Gasteiger partial charge on any atom is 0.305 e. The second-order valence-corrected chi connectivity index (χ2v) is 10.8. The predicted molar refractivity (Wildman–Crippen MR) is 132 cm³/mol. The standard InChI is InChI=1S/C26H33N3O3S/c1-16(2)12-19(14-25(30)31)27-26(32)18-9-10-23-21(13-18)28-24(15-20-7-5-11-33-20)29(23)22-8-4-6-17(22)3/h5,7,9-11,13,16-17,19,22H,4,6,8,12,14-15H2,1-3H3,(H,27,32)(H,30,31). The van der Waals surface area contributed by atoms with Crippen LogP contribution in [0.15, 0.2) is 35.7 Å². The van der Waals surface area contributed by atoms with Crippen molar-refractivity contribution >= 4 is 34.2 Å². The van der Waals surface area contributed by atoms with E-state index in [1.165, 1.54) is 17.7 Å². The van der Waals surface area contributed by atoms with Crippen molar-refractivity contribution in [3.8, 4) is 0 Å². The molecule has 1 fully saturated rings. The molecule has 6 nitrogen and oxygen atoms in total. The summed E-state index contributed by atoms with van der Waals surface area (Å²) in [5.74, 6) is 0.792. The van der Waals surface area contributed by atoms with Crippen LogP contribution in [0.2, 0.25) is 0 Å². The molecule has 0 aliphatic heterocycles. The Morgan fingerprint density at radius 3 is 2.73 bits per heavy atom. The highest BCUT2D eigenvalue weighted by Crippen LogP contribution is 2.39. The molecule has 0 saturated heterocycles. The molecule has 7 heteroatoms. The quantitative estimate of drug-likeness (QED) is 0.425. The summed E-state index contributed by atoms with van der Waals surface area (Å²) in [4.78, 5) is 30.5. The summed E-state index contributed by atoms with van der Waals surface area (Å²) in [7, 11) is 0. The Balaban J connectivity index is 1.65. The number of imidazole rings is 1. The molecule has 1 aliphatic rings. The van der Waals surface area contributed by atoms with Crippen LogP contribution in [0.5, 0.6) is 0 Å². The number of benzene rings is 1. The Morgan fingerprint density at radius 1 is 1.27 bits per heavy atom. The van der Waals surface area contributed by atoms with E-state index < -0.39 is 12.0 Å². The Morgan fingerprint density at radius 2 is 2.09 bits per heavy atom. The third kappa shape index (κ3) is 5.46. The van der Waals surface area contributed by atoms with Crippen molar-refractivity contribution in [1.82, 2.24) is 14.9 Å². The highest BCUT2D eigenvalue weighted by Gasteiger charge is 2.29. The zero-order valence-electron chi connectivity index (χ0n) is 19.6. The van der Waals surface area contributed by atoms with Crippen LogP contribution in [-0.2, 0) is 11.2 Å². The fourth-order valence-corrected chi connectivity index (χ4v) is 5.81. The van der Waals surface area contributed by atoms with Gasteiger partial charge in [-0.3, -0.25) is 9.59 Å². The minimum atomic E-state index is -0.904. The third-order valence-corrected chi connectivity index (χ3v) is 7.47. The van der Waals surface area contributed by atoms with Gasteiger partial charge in [0.2, 0.25) is 0 Å². The lowest BCUT2D eigenvalue weighted by atomic mass is 10.0. The molecule has 176 valence electrons. The molecule has 2 aromatic heterocycles. The van der Waals surface area contributed by atoms with Crippen LogP contribution in [-0.4, -0.2) is 32.6 Å². The Bertz CT molecular complexity index is 1120. The molecule has 33 heavy (non-hydrogen) atoms. The Kier molecular flexibility index (Phi) is 7.17. The van der Waals surface area contributed by atoms with Gasteiger partial charge in [0.25, 0.3) is 5.91 Å². The topological polar surface area (TPSA) is 84.2 Å². The van der Waals surface area contributed by atoms with Crippen LogP contribution >= 0.6 is 11.3 Å². The normalized spacial score (nSPS) is 19.3. The average Bonchev–Trinajstić information content (AvgIpc) is 3.46. The van der Waals surface area contributed by atoms with Crippen molar-refractivity contribution in [1.29, 1.82) is 0 Å². The van der Waals surface area contributed by atoms with Crippen molar-refractivity contribution in [2.24, 2.45) is 11.8 Å². The van der Waals surface area contributed by atoms with Crippen LogP contribution in [0, 0.1) is 11.8 Å². The van der Waals surface area contributed by atoms with Gasteiger partial charge in [-0.25, -0.2) is 4.98 Å². The van der Waals surface area contributed by atoms with E-state index in [4.69, 9.17) is 4.98 Å². The number of rotatable bonds is 9. The van der Waals surface area contributed by atoms with Crippen molar-refractivity contribution in [2.45, 2.75) is 71.4 Å². The van der Waals surface area contributed by atoms with Crippen molar-refractivity contribution < 1.29 is 14.7 Å². The van der Waals surface area contributed by atoms with Gasteiger partial charge in [-0.15, -0.1) is 11.3 Å². The van der Waals surface area contributed by atoms with E-state index in [9.17, 15) is 14.7 Å². The molecule has 1 aliphatic carbocycles. The summed E-state index contributed by atoms with van der Waals surface area (Å²) < 4.78 is 2.40. The molecular formula is C26H33N3O3S. The number of carbonyl (C=O) groups is 2. The Labute approximate surface area is 199 Å². The number of carboxylic acids is 1. The predicted octanol–water partition coefficient (Wildman–Crippen LogP) is 5.67. The van der Waals surface area contributed by atoms with Crippen LogP contribution in [0.1, 0.15) is 80.0 Å². The first-order valence-corrected chi connectivity index (χ1v) is 12.8. The highest BCUT2D eigenvalue weighted by atomic mass is 32.1. The van der Waals surface area contributed by atoms with E-state index in [1.54, 1.807) is 11.3 Å². The number of fused-ring (bicyclic) bond motifs is 1. The van der Waals surface area contributed by atoms with Crippen molar-refractivity contribution in [3.63, 3.8) is 0 Å². The maximum absolute atomic E-state index is 13.0. The number of hydrogen-bond acceptors (Lipinski definition) is 4. The number of amides is 1. The second kappa shape index (κ2) is 10.1. The van der Waals surface area contributed by atoms with Gasteiger partial charge in [0.1, 0.15) is 5.82 Å². The highest BCUT2D eigenvalue weighted by molar-refractivity contribution is 7.09. The number of nitrogens with one attached hydrogen (secondary N) is 1. The van der Waals surface area contributed by atoms with Gasteiger partial charge in [0.15, 0.2) is 0 Å². The van der Waals surface area contributed by atoms with Gasteiger partial charge in [0, 0.05) is 28.9 Å². The van der Waals surface area contributed by atoms with E-state index in [0.717, 1.165) is 29.7 Å². The molecule has 3 atom stereocenters. The summed E-state index contributed by atoms with van der Waals surface area (Å²) in [6.07, 6.45) is 4.94. The van der Waals surface area contributed by atoms with Gasteiger partial charge in [-0.2, -0.15) is 0 Å². The number of aliphatic carboxylic acids is 1. The third-order valence-electron chi connectivity index (χ3n) is 6.60. The van der Waals surface area contributed by atoms with E-state index in [2.05, 4.69) is 34.3 Å². The van der Waals surface area contributed by atoms with E-state index in [0.29, 0.717) is 29.9 Å². The summed E-state index contributed by atoms with van der Waals surface area (Å²) >= 11 is 1.74. The van der Waals surface area contributed by atoms with Crippen LogP contribution in [0.4, 0.5) is 0 Å². The lowest BCUT2D eigenvalue weighted by Gasteiger charge is -2.21. The molecule has 0 spiro atoms. The fraction of sp³-hybridized carbons (Fsp3) is 0.500. The van der Waals surface area contributed by atoms with Gasteiger partial charge in [-0.05, 0) is 60.7 Å². The molecule has 1 saturated carbocycles. The minimum absolute atomic E-state index is 0.0781. The molecule has 0 radical (unpaired) electrons. The molecule has 1 aromatic carbocycles. The minimum Gasteiger partial charge on any atom is -0.481 e. The summed E-state index contributed by atoms with van der Waals surface area (Å²) in [5.41, 5.74) is 2.42. The van der Waals surface area contributed by atoms with E-state index >= 15 is 0 Å². The number of carboxylic acid groups (broad SMARTS) is 1. The summed E-state index contributed by atoms with van der Waals surface area (Å²) in [6.45, 7) is 6.37. The van der Waals surface area contributed by atoms with E-state index in [-0.39, 0.29) is 12.3 Å². The SMILES string of the molecule is CC(C)CC(CC(=O)O)NC(=O)c1ccc2c(c1)nc(Cc1cccs1)n2C1CCCC1C. The van der Waals surface area contributed by atoms with Crippen LogP contribution in [0.25, 0.3) is 11.0 Å². The van der Waals surface area contributed by atoms with Crippen LogP contribution in [0.3, 0.4) is 0 Å². The number of hydrogen-bond donors (Lipinski definition) is 2. The van der Waals surface area contributed by atoms with E-state index in [1.807, 2.05) is 32.0 Å². The van der Waals surface area contributed by atoms with Gasteiger partial charge in [-0.1, -0.05) is 33.3 Å². The maximum atomic E-state index is 13.0. The van der Waals surface area contributed by atoms with Gasteiger partial charge >= 0.3 is 5.97 Å². The number of nitrogens with zero attached hydrogens (tertiary/aromatic N) is 2. The molecule has 3 unspecified atom stereocenters. The van der Waals surface area contributed by atoms with Gasteiger partial charge in [0.05, 0.1) is 17.5 Å². The lowest BCUT2D eigenvalue weighted by Crippen LogP contribution is -2.37. The molecule has 3 aromatic rings. The largest absolute Gasteiger partial charge is 0.481 e. The number of aromatic nitrogens is 2. The molecule has 4 rings (SSSR count). The molecule has 2 heterocycles. The molecular weight excluding hydrogens is 434 g/mol. The average molecular weight is 468 g/mol. The first-order valence-electron chi connectivity index (χ1n) is 11.9.